The summed E-state index contributed by atoms with van der Waals surface area (Å²) in [6, 6.07) is 4.51. The summed E-state index contributed by atoms with van der Waals surface area (Å²) in [7, 11) is 0. The van der Waals surface area contributed by atoms with Gasteiger partial charge in [0.25, 0.3) is 0 Å². The second-order valence-electron chi connectivity index (χ2n) is 4.12. The van der Waals surface area contributed by atoms with Crippen LogP contribution in [-0.2, 0) is 0 Å². The van der Waals surface area contributed by atoms with Crippen LogP contribution in [0.25, 0.3) is 0 Å². The molecule has 1 rings (SSSR count). The normalized spacial score (nSPS) is 12.6. The SMILES string of the molecule is CCNC(C)CCCCSc1ccc(Cl)cn1. The molecule has 0 saturated carbocycles. The molecule has 0 spiro atoms. The van der Waals surface area contributed by atoms with Gasteiger partial charge in [0, 0.05) is 12.2 Å². The van der Waals surface area contributed by atoms with E-state index in [-0.39, 0.29) is 0 Å². The lowest BCUT2D eigenvalue weighted by Crippen LogP contribution is -2.25. The van der Waals surface area contributed by atoms with E-state index in [9.17, 15) is 0 Å². The molecule has 0 radical (unpaired) electrons. The molecule has 1 atom stereocenters. The fraction of sp³-hybridized carbons (Fsp3) is 0.615. The molecule has 0 bridgehead atoms. The van der Waals surface area contributed by atoms with Crippen LogP contribution in [0.15, 0.2) is 23.4 Å². The fourth-order valence-electron chi connectivity index (χ4n) is 1.63. The van der Waals surface area contributed by atoms with Gasteiger partial charge in [-0.3, -0.25) is 0 Å². The first kappa shape index (κ1) is 14.8. The number of thioether (sulfide) groups is 1. The van der Waals surface area contributed by atoms with E-state index in [4.69, 9.17) is 11.6 Å². The van der Waals surface area contributed by atoms with Crippen molar-refractivity contribution in [1.82, 2.24) is 10.3 Å². The number of aromatic nitrogens is 1. The van der Waals surface area contributed by atoms with E-state index >= 15 is 0 Å². The molecular formula is C13H21ClN2S. The molecule has 1 aromatic rings. The lowest BCUT2D eigenvalue weighted by molar-refractivity contribution is 0.510. The van der Waals surface area contributed by atoms with Crippen molar-refractivity contribution in [3.63, 3.8) is 0 Å². The Hall–Kier alpha value is -0.250. The number of hydrogen-bond donors (Lipinski definition) is 1. The number of unbranched alkanes of at least 4 members (excludes halogenated alkanes) is 1. The predicted octanol–water partition coefficient (Wildman–Crippen LogP) is 4.00. The number of rotatable bonds is 8. The summed E-state index contributed by atoms with van der Waals surface area (Å²) in [5.74, 6) is 1.13. The quantitative estimate of drug-likeness (QED) is 0.572. The minimum Gasteiger partial charge on any atom is -0.315 e. The second-order valence-corrected chi connectivity index (χ2v) is 5.67. The Morgan fingerprint density at radius 1 is 1.41 bits per heavy atom. The third kappa shape index (κ3) is 6.92. The Bertz CT molecular complexity index is 303. The van der Waals surface area contributed by atoms with Gasteiger partial charge < -0.3 is 5.32 Å². The number of nitrogens with zero attached hydrogens (tertiary/aromatic N) is 1. The molecule has 96 valence electrons. The maximum atomic E-state index is 5.78. The summed E-state index contributed by atoms with van der Waals surface area (Å²) >= 11 is 7.59. The van der Waals surface area contributed by atoms with E-state index in [1.807, 2.05) is 12.1 Å². The Kier molecular flexibility index (Phi) is 7.65. The summed E-state index contributed by atoms with van der Waals surface area (Å²) in [6.07, 6.45) is 5.47. The molecule has 0 amide bonds. The summed E-state index contributed by atoms with van der Waals surface area (Å²) in [5, 5.41) is 5.19. The first-order valence-corrected chi connectivity index (χ1v) is 7.56. The zero-order valence-corrected chi connectivity index (χ0v) is 12.2. The minimum atomic E-state index is 0.638. The van der Waals surface area contributed by atoms with Crippen molar-refractivity contribution in [1.29, 1.82) is 0 Å². The van der Waals surface area contributed by atoms with Crippen LogP contribution >= 0.6 is 23.4 Å². The van der Waals surface area contributed by atoms with Gasteiger partial charge in [0.2, 0.25) is 0 Å². The van der Waals surface area contributed by atoms with Gasteiger partial charge >= 0.3 is 0 Å². The Balaban J connectivity index is 2.06. The van der Waals surface area contributed by atoms with Crippen molar-refractivity contribution in [2.24, 2.45) is 0 Å². The van der Waals surface area contributed by atoms with Gasteiger partial charge in [-0.2, -0.15) is 0 Å². The number of pyridine rings is 1. The van der Waals surface area contributed by atoms with Crippen LogP contribution in [0.1, 0.15) is 33.1 Å². The molecule has 1 N–H and O–H groups in total. The fourth-order valence-corrected chi connectivity index (χ4v) is 2.59. The van der Waals surface area contributed by atoms with Gasteiger partial charge in [0.15, 0.2) is 0 Å². The molecule has 2 nitrogen and oxygen atoms in total. The molecular weight excluding hydrogens is 252 g/mol. The lowest BCUT2D eigenvalue weighted by atomic mass is 10.1. The van der Waals surface area contributed by atoms with E-state index < -0.39 is 0 Å². The molecule has 1 unspecified atom stereocenters. The van der Waals surface area contributed by atoms with Crippen LogP contribution in [0, 0.1) is 0 Å². The van der Waals surface area contributed by atoms with Crippen molar-refractivity contribution in [2.45, 2.75) is 44.2 Å². The summed E-state index contributed by atoms with van der Waals surface area (Å²) < 4.78 is 0. The van der Waals surface area contributed by atoms with Gasteiger partial charge in [-0.15, -0.1) is 11.8 Å². The molecule has 0 aliphatic rings. The first-order valence-electron chi connectivity index (χ1n) is 6.20. The maximum absolute atomic E-state index is 5.78. The van der Waals surface area contributed by atoms with Gasteiger partial charge in [0.1, 0.15) is 0 Å². The van der Waals surface area contributed by atoms with Crippen LogP contribution in [-0.4, -0.2) is 23.3 Å². The van der Waals surface area contributed by atoms with Crippen molar-refractivity contribution >= 4 is 23.4 Å². The molecule has 1 aromatic heterocycles. The van der Waals surface area contributed by atoms with Crippen molar-refractivity contribution in [2.75, 3.05) is 12.3 Å². The van der Waals surface area contributed by atoms with Crippen LogP contribution in [0.4, 0.5) is 0 Å². The topological polar surface area (TPSA) is 24.9 Å². The van der Waals surface area contributed by atoms with Crippen LogP contribution < -0.4 is 5.32 Å². The van der Waals surface area contributed by atoms with Gasteiger partial charge in [0.05, 0.1) is 10.0 Å². The highest BCUT2D eigenvalue weighted by atomic mass is 35.5. The van der Waals surface area contributed by atoms with Crippen molar-refractivity contribution in [3.05, 3.63) is 23.4 Å². The zero-order chi connectivity index (χ0) is 12.5. The standard InChI is InChI=1S/C13H21ClN2S/c1-3-15-11(2)6-4-5-9-17-13-8-7-12(14)10-16-13/h7-8,10-11,15H,3-6,9H2,1-2H3. The molecule has 4 heteroatoms. The molecule has 17 heavy (non-hydrogen) atoms. The molecule has 0 aliphatic carbocycles. The zero-order valence-electron chi connectivity index (χ0n) is 10.6. The number of hydrogen-bond acceptors (Lipinski definition) is 3. The number of halogens is 1. The largest absolute Gasteiger partial charge is 0.315 e. The van der Waals surface area contributed by atoms with E-state index in [0.717, 1.165) is 17.3 Å². The smallest absolute Gasteiger partial charge is 0.0960 e. The van der Waals surface area contributed by atoms with Crippen molar-refractivity contribution < 1.29 is 0 Å². The molecule has 0 saturated heterocycles. The van der Waals surface area contributed by atoms with E-state index in [1.54, 1.807) is 18.0 Å². The van der Waals surface area contributed by atoms with E-state index in [0.29, 0.717) is 11.1 Å². The Labute approximate surface area is 114 Å². The van der Waals surface area contributed by atoms with Gasteiger partial charge in [-0.05, 0) is 44.2 Å². The third-order valence-electron chi connectivity index (χ3n) is 2.53. The number of nitrogens with one attached hydrogen (secondary N) is 1. The molecule has 1 heterocycles. The van der Waals surface area contributed by atoms with Crippen molar-refractivity contribution in [3.8, 4) is 0 Å². The Morgan fingerprint density at radius 2 is 2.24 bits per heavy atom. The van der Waals surface area contributed by atoms with Gasteiger partial charge in [-0.1, -0.05) is 24.9 Å². The van der Waals surface area contributed by atoms with Gasteiger partial charge in [-0.25, -0.2) is 4.98 Å². The molecule has 0 aromatic carbocycles. The third-order valence-corrected chi connectivity index (χ3v) is 3.79. The molecule has 0 aliphatic heterocycles. The highest BCUT2D eigenvalue weighted by molar-refractivity contribution is 7.99. The molecule has 0 fully saturated rings. The summed E-state index contributed by atoms with van der Waals surface area (Å²) in [5.41, 5.74) is 0. The second kappa shape index (κ2) is 8.78. The predicted molar refractivity (Wildman–Crippen MR) is 77.0 cm³/mol. The maximum Gasteiger partial charge on any atom is 0.0960 e. The first-order chi connectivity index (χ1) is 8.22. The highest BCUT2D eigenvalue weighted by Gasteiger charge is 2.00. The van der Waals surface area contributed by atoms with Crippen LogP contribution in [0.3, 0.4) is 0 Å². The average Bonchev–Trinajstić information content (AvgIpc) is 2.31. The summed E-state index contributed by atoms with van der Waals surface area (Å²) in [4.78, 5) is 4.26. The monoisotopic (exact) mass is 272 g/mol. The minimum absolute atomic E-state index is 0.638. The Morgan fingerprint density at radius 3 is 2.88 bits per heavy atom. The van der Waals surface area contributed by atoms with E-state index in [1.165, 1.54) is 19.3 Å². The van der Waals surface area contributed by atoms with Crippen LogP contribution in [0.5, 0.6) is 0 Å². The average molecular weight is 273 g/mol. The summed E-state index contributed by atoms with van der Waals surface area (Å²) in [6.45, 7) is 5.46. The highest BCUT2D eigenvalue weighted by Crippen LogP contribution is 2.18. The van der Waals surface area contributed by atoms with E-state index in [2.05, 4.69) is 24.1 Å². The lowest BCUT2D eigenvalue weighted by Gasteiger charge is -2.11. The van der Waals surface area contributed by atoms with Crippen LogP contribution in [0.2, 0.25) is 5.02 Å².